The van der Waals surface area contributed by atoms with Crippen LogP contribution in [0.5, 0.6) is 0 Å². The van der Waals surface area contributed by atoms with E-state index >= 15 is 0 Å². The van der Waals surface area contributed by atoms with Crippen LogP contribution in [0.3, 0.4) is 0 Å². The van der Waals surface area contributed by atoms with Crippen molar-refractivity contribution in [2.45, 2.75) is 0 Å². The largest absolute Gasteiger partial charge is 0.195 e. The minimum Gasteiger partial charge on any atom is -0.129 e. The van der Waals surface area contributed by atoms with Gasteiger partial charge in [-0.25, -0.2) is 0 Å². The van der Waals surface area contributed by atoms with Crippen molar-refractivity contribution < 1.29 is 4.68 Å². The highest BCUT2D eigenvalue weighted by Crippen LogP contribution is 2.20. The molecule has 0 N–H and O–H groups in total. The molecule has 1 aromatic heterocycles. The zero-order chi connectivity index (χ0) is 12.4. The van der Waals surface area contributed by atoms with E-state index in [0.29, 0.717) is 0 Å². The third kappa shape index (κ3) is 1.93. The van der Waals surface area contributed by atoms with Crippen molar-refractivity contribution in [1.82, 2.24) is 4.68 Å². The highest BCUT2D eigenvalue weighted by Gasteiger charge is 2.05. The number of rotatable bonds is 2. The van der Waals surface area contributed by atoms with Crippen LogP contribution in [-0.2, 0) is 7.05 Å². The highest BCUT2D eigenvalue weighted by molar-refractivity contribution is 5.64. The quantitative estimate of drug-likeness (QED) is 0.604. The minimum atomic E-state index is 1.17. The Labute approximate surface area is 107 Å². The van der Waals surface area contributed by atoms with E-state index in [4.69, 9.17) is 0 Å². The predicted molar refractivity (Wildman–Crippen MR) is 72.4 cm³/mol. The maximum Gasteiger partial charge on any atom is 0.195 e. The van der Waals surface area contributed by atoms with E-state index in [-0.39, 0.29) is 0 Å². The summed E-state index contributed by atoms with van der Waals surface area (Å²) < 4.78 is 4.16. The molecule has 0 unspecified atom stereocenters. The van der Waals surface area contributed by atoms with Crippen molar-refractivity contribution in [3.63, 3.8) is 0 Å². The van der Waals surface area contributed by atoms with Gasteiger partial charge < -0.3 is 0 Å². The molecule has 0 aliphatic rings. The molecule has 3 aromatic rings. The van der Waals surface area contributed by atoms with Gasteiger partial charge in [0.2, 0.25) is 0 Å². The van der Waals surface area contributed by atoms with Crippen molar-refractivity contribution in [3.05, 3.63) is 73.1 Å². The zero-order valence-corrected chi connectivity index (χ0v) is 10.3. The summed E-state index contributed by atoms with van der Waals surface area (Å²) in [6.07, 6.45) is 4.09. The van der Waals surface area contributed by atoms with Crippen LogP contribution < -0.4 is 4.68 Å². The van der Waals surface area contributed by atoms with Gasteiger partial charge in [-0.1, -0.05) is 42.5 Å². The van der Waals surface area contributed by atoms with E-state index in [1.807, 2.05) is 25.4 Å². The van der Waals surface area contributed by atoms with Crippen LogP contribution in [0.2, 0.25) is 0 Å². The fourth-order valence-corrected chi connectivity index (χ4v) is 2.13. The molecule has 2 nitrogen and oxygen atoms in total. The van der Waals surface area contributed by atoms with Crippen LogP contribution in [0, 0.1) is 0 Å². The molecule has 2 aromatic carbocycles. The molecule has 3 rings (SSSR count). The summed E-state index contributed by atoms with van der Waals surface area (Å²) in [5.41, 5.74) is 3.66. The molecule has 0 atom stereocenters. The lowest BCUT2D eigenvalue weighted by atomic mass is 10.1. The first-order valence-corrected chi connectivity index (χ1v) is 6.04. The van der Waals surface area contributed by atoms with E-state index < -0.39 is 0 Å². The standard InChI is InChI=1S/C16H15N2/c1-17-12-5-13-18(17)16-10-8-15(9-11-16)14-6-3-2-4-7-14/h2-13H,1H3/q+1. The molecule has 18 heavy (non-hydrogen) atoms. The number of aryl methyl sites for hydroxylation is 1. The first kappa shape index (κ1) is 10.8. The summed E-state index contributed by atoms with van der Waals surface area (Å²) in [5, 5.41) is 0. The van der Waals surface area contributed by atoms with Gasteiger partial charge in [0.1, 0.15) is 5.69 Å². The molecular formula is C16H15N2+. The SMILES string of the molecule is C[n+]1cccn1-c1ccc(-c2ccccc2)cc1. The van der Waals surface area contributed by atoms with Crippen molar-refractivity contribution in [2.24, 2.45) is 7.05 Å². The van der Waals surface area contributed by atoms with Crippen molar-refractivity contribution >= 4 is 0 Å². The van der Waals surface area contributed by atoms with Gasteiger partial charge in [0.15, 0.2) is 13.2 Å². The maximum absolute atomic E-state index is 2.16. The van der Waals surface area contributed by atoms with Gasteiger partial charge in [0.25, 0.3) is 0 Å². The Bertz CT molecular complexity index is 636. The van der Waals surface area contributed by atoms with Crippen LogP contribution in [-0.4, -0.2) is 4.68 Å². The number of nitrogens with zero attached hydrogens (tertiary/aromatic N) is 2. The van der Waals surface area contributed by atoms with Crippen LogP contribution in [0.1, 0.15) is 0 Å². The van der Waals surface area contributed by atoms with Gasteiger partial charge in [-0.15, -0.1) is 9.36 Å². The van der Waals surface area contributed by atoms with Crippen LogP contribution >= 0.6 is 0 Å². The molecule has 0 spiro atoms. The topological polar surface area (TPSA) is 8.81 Å². The number of hydrogen-bond donors (Lipinski definition) is 0. The summed E-state index contributed by atoms with van der Waals surface area (Å²) in [7, 11) is 2.03. The zero-order valence-electron chi connectivity index (χ0n) is 10.3. The second kappa shape index (κ2) is 4.49. The van der Waals surface area contributed by atoms with Crippen LogP contribution in [0.15, 0.2) is 73.1 Å². The molecule has 88 valence electrons. The summed E-state index contributed by atoms with van der Waals surface area (Å²) in [4.78, 5) is 0. The van der Waals surface area contributed by atoms with Crippen molar-refractivity contribution in [1.29, 1.82) is 0 Å². The van der Waals surface area contributed by atoms with Gasteiger partial charge in [-0.3, -0.25) is 0 Å². The van der Waals surface area contributed by atoms with Gasteiger partial charge in [0, 0.05) is 6.07 Å². The maximum atomic E-state index is 2.16. The van der Waals surface area contributed by atoms with Crippen molar-refractivity contribution in [2.75, 3.05) is 0 Å². The van der Waals surface area contributed by atoms with Crippen LogP contribution in [0.25, 0.3) is 16.8 Å². The fourth-order valence-electron chi connectivity index (χ4n) is 2.13. The second-order valence-corrected chi connectivity index (χ2v) is 4.32. The molecule has 0 aliphatic carbocycles. The third-order valence-corrected chi connectivity index (χ3v) is 3.11. The summed E-state index contributed by atoms with van der Waals surface area (Å²) in [6.45, 7) is 0. The molecule has 0 radical (unpaired) electrons. The molecule has 2 heteroatoms. The Morgan fingerprint density at radius 1 is 0.778 bits per heavy atom. The Balaban J connectivity index is 1.97. The number of benzene rings is 2. The Kier molecular flexibility index (Phi) is 2.69. The lowest BCUT2D eigenvalue weighted by molar-refractivity contribution is -0.744. The number of hydrogen-bond acceptors (Lipinski definition) is 0. The normalized spacial score (nSPS) is 10.5. The van der Waals surface area contributed by atoms with E-state index in [9.17, 15) is 0 Å². The first-order valence-electron chi connectivity index (χ1n) is 6.04. The third-order valence-electron chi connectivity index (χ3n) is 3.11. The molecule has 0 bridgehead atoms. The Morgan fingerprint density at radius 3 is 2.06 bits per heavy atom. The van der Waals surface area contributed by atoms with Crippen LogP contribution in [0.4, 0.5) is 0 Å². The average Bonchev–Trinajstić information content (AvgIpc) is 2.86. The van der Waals surface area contributed by atoms with Gasteiger partial charge >= 0.3 is 0 Å². The average molecular weight is 235 g/mol. The highest BCUT2D eigenvalue weighted by atomic mass is 15.4. The minimum absolute atomic E-state index is 1.17. The predicted octanol–water partition coefficient (Wildman–Crippen LogP) is 2.97. The van der Waals surface area contributed by atoms with E-state index in [0.717, 1.165) is 0 Å². The molecule has 0 saturated heterocycles. The Hall–Kier alpha value is -2.35. The molecule has 0 saturated carbocycles. The Morgan fingerprint density at radius 2 is 1.44 bits per heavy atom. The monoisotopic (exact) mass is 235 g/mol. The molecule has 0 fully saturated rings. The molecule has 1 heterocycles. The molecule has 0 amide bonds. The van der Waals surface area contributed by atoms with Gasteiger partial charge in [0.05, 0.1) is 6.20 Å². The van der Waals surface area contributed by atoms with E-state index in [2.05, 4.69) is 64.1 Å². The summed E-state index contributed by atoms with van der Waals surface area (Å²) >= 11 is 0. The van der Waals surface area contributed by atoms with E-state index in [1.165, 1.54) is 16.8 Å². The lowest BCUT2D eigenvalue weighted by Crippen LogP contribution is -2.36. The molecular weight excluding hydrogens is 220 g/mol. The summed E-state index contributed by atoms with van der Waals surface area (Å²) in [5.74, 6) is 0. The second-order valence-electron chi connectivity index (χ2n) is 4.32. The lowest BCUT2D eigenvalue weighted by Gasteiger charge is -2.03. The summed E-state index contributed by atoms with van der Waals surface area (Å²) in [6, 6.07) is 21.1. The number of aromatic nitrogens is 2. The fraction of sp³-hybridized carbons (Fsp3) is 0.0625. The first-order chi connectivity index (χ1) is 8.84. The van der Waals surface area contributed by atoms with Gasteiger partial charge in [-0.05, 0) is 23.3 Å². The van der Waals surface area contributed by atoms with Crippen molar-refractivity contribution in [3.8, 4) is 16.8 Å². The smallest absolute Gasteiger partial charge is 0.129 e. The van der Waals surface area contributed by atoms with E-state index in [1.54, 1.807) is 0 Å². The van der Waals surface area contributed by atoms with Gasteiger partial charge in [-0.2, -0.15) is 0 Å². The molecule has 0 aliphatic heterocycles.